The molecule has 0 radical (unpaired) electrons. The highest BCUT2D eigenvalue weighted by Gasteiger charge is 2.72. The van der Waals surface area contributed by atoms with Crippen LogP contribution in [0.5, 0.6) is 11.5 Å². The number of hydrogen-bond donors (Lipinski definition) is 1. The number of carboxylic acid groups (broad SMARTS) is 1. The predicted molar refractivity (Wildman–Crippen MR) is 98.8 cm³/mol. The molecule has 3 aromatic rings. The van der Waals surface area contributed by atoms with Crippen molar-refractivity contribution in [3.05, 3.63) is 72.3 Å². The zero-order chi connectivity index (χ0) is 17.7. The second-order valence-electron chi connectivity index (χ2n) is 6.20. The van der Waals surface area contributed by atoms with Gasteiger partial charge in [0, 0.05) is 11.8 Å². The van der Waals surface area contributed by atoms with Gasteiger partial charge in [-0.15, -0.1) is 0 Å². The molecule has 0 aromatic heterocycles. The first kappa shape index (κ1) is 16.2. The van der Waals surface area contributed by atoms with Crippen molar-refractivity contribution in [3.63, 3.8) is 0 Å². The fourth-order valence-electron chi connectivity index (χ4n) is 3.18. The summed E-state index contributed by atoms with van der Waals surface area (Å²) in [6, 6.07) is 20.7. The van der Waals surface area contributed by atoms with Crippen LogP contribution in [0.1, 0.15) is 12.0 Å². The van der Waals surface area contributed by atoms with Gasteiger partial charge in [-0.25, -0.2) is 0 Å². The normalized spacial score (nSPS) is 21.0. The number of aliphatic carboxylic acids is 1. The van der Waals surface area contributed by atoms with Crippen molar-refractivity contribution in [1.29, 1.82) is 0 Å². The average Bonchev–Trinajstić information content (AvgIpc) is 3.20. The molecule has 1 atom stereocenters. The van der Waals surface area contributed by atoms with E-state index in [-0.39, 0.29) is 6.42 Å². The molecule has 25 heavy (non-hydrogen) atoms. The van der Waals surface area contributed by atoms with Crippen LogP contribution in [0.4, 0.5) is 0 Å². The van der Waals surface area contributed by atoms with Gasteiger partial charge in [0.25, 0.3) is 0 Å². The van der Waals surface area contributed by atoms with E-state index in [0.29, 0.717) is 11.3 Å². The summed E-state index contributed by atoms with van der Waals surface area (Å²) in [5.41, 5.74) is -0.663. The quantitative estimate of drug-likeness (QED) is 0.612. The summed E-state index contributed by atoms with van der Waals surface area (Å²) in [6.45, 7) is 0. The maximum Gasteiger partial charge on any atom is 0.317 e. The van der Waals surface area contributed by atoms with E-state index in [1.54, 1.807) is 24.3 Å². The maximum absolute atomic E-state index is 11.6. The Morgan fingerprint density at radius 2 is 1.60 bits per heavy atom. The molecule has 0 bridgehead atoms. The van der Waals surface area contributed by atoms with Gasteiger partial charge in [-0.1, -0.05) is 71.7 Å². The molecule has 3 nitrogen and oxygen atoms in total. The van der Waals surface area contributed by atoms with Gasteiger partial charge < -0.3 is 9.84 Å². The van der Waals surface area contributed by atoms with Crippen LogP contribution in [-0.4, -0.2) is 15.4 Å². The van der Waals surface area contributed by atoms with Crippen LogP contribution >= 0.6 is 23.2 Å². The number of hydrogen-bond acceptors (Lipinski definition) is 2. The Morgan fingerprint density at radius 1 is 0.960 bits per heavy atom. The topological polar surface area (TPSA) is 46.5 Å². The Hall–Kier alpha value is -2.23. The van der Waals surface area contributed by atoms with Crippen molar-refractivity contribution >= 4 is 39.9 Å². The first-order valence-corrected chi connectivity index (χ1v) is 8.57. The highest BCUT2D eigenvalue weighted by Crippen LogP contribution is 2.65. The van der Waals surface area contributed by atoms with Crippen LogP contribution < -0.4 is 4.74 Å². The molecule has 0 spiro atoms. The van der Waals surface area contributed by atoms with Crippen LogP contribution in [0.3, 0.4) is 0 Å². The zero-order valence-electron chi connectivity index (χ0n) is 13.1. The largest absolute Gasteiger partial charge is 0.480 e. The molecule has 1 saturated carbocycles. The smallest absolute Gasteiger partial charge is 0.317 e. The fraction of sp³-hybridized carbons (Fsp3) is 0.150. The van der Waals surface area contributed by atoms with Gasteiger partial charge in [-0.05, 0) is 29.1 Å². The lowest BCUT2D eigenvalue weighted by Crippen LogP contribution is -2.26. The van der Waals surface area contributed by atoms with E-state index in [1.807, 2.05) is 42.5 Å². The molecule has 0 heterocycles. The van der Waals surface area contributed by atoms with Crippen LogP contribution in [-0.2, 0) is 10.2 Å². The lowest BCUT2D eigenvalue weighted by molar-refractivity contribution is -0.140. The Balaban J connectivity index is 1.64. The predicted octanol–water partition coefficient (Wildman–Crippen LogP) is 5.53. The summed E-state index contributed by atoms with van der Waals surface area (Å²) in [7, 11) is 0. The minimum Gasteiger partial charge on any atom is -0.480 e. The summed E-state index contributed by atoms with van der Waals surface area (Å²) in [5.74, 6) is 0.352. The zero-order valence-corrected chi connectivity index (χ0v) is 14.6. The Labute approximate surface area is 154 Å². The number of halogens is 2. The summed E-state index contributed by atoms with van der Waals surface area (Å²) in [5, 5.41) is 11.6. The first-order valence-electron chi connectivity index (χ1n) is 7.81. The van der Waals surface area contributed by atoms with Crippen molar-refractivity contribution in [1.82, 2.24) is 0 Å². The summed E-state index contributed by atoms with van der Waals surface area (Å²) < 4.78 is 4.71. The van der Waals surface area contributed by atoms with Gasteiger partial charge in [0.1, 0.15) is 21.2 Å². The van der Waals surface area contributed by atoms with Crippen LogP contribution in [0.25, 0.3) is 10.8 Å². The number of alkyl halides is 2. The maximum atomic E-state index is 11.6. The molecule has 0 saturated heterocycles. The summed E-state index contributed by atoms with van der Waals surface area (Å²) in [4.78, 5) is 11.6. The van der Waals surface area contributed by atoms with Crippen molar-refractivity contribution in [2.24, 2.45) is 0 Å². The van der Waals surface area contributed by atoms with Crippen molar-refractivity contribution in [3.8, 4) is 11.5 Å². The average molecular weight is 373 g/mol. The van der Waals surface area contributed by atoms with E-state index in [1.165, 1.54) is 0 Å². The molecule has 1 aliphatic rings. The van der Waals surface area contributed by atoms with E-state index in [2.05, 4.69) is 0 Å². The standard InChI is InChI=1S/C20H14Cl2O3/c21-20(22)12-19(20,18(23)24)14-8-10-15(11-9-14)25-17-7-3-5-13-4-1-2-6-16(13)17/h1-11H,12H2,(H,23,24). The van der Waals surface area contributed by atoms with E-state index in [0.717, 1.165) is 16.5 Å². The van der Waals surface area contributed by atoms with Gasteiger partial charge in [-0.2, -0.15) is 0 Å². The number of carbonyl (C=O) groups is 1. The number of rotatable bonds is 4. The van der Waals surface area contributed by atoms with Gasteiger partial charge in [0.2, 0.25) is 0 Å². The van der Waals surface area contributed by atoms with Gasteiger partial charge in [-0.3, -0.25) is 4.79 Å². The van der Waals surface area contributed by atoms with Crippen molar-refractivity contribution in [2.75, 3.05) is 0 Å². The van der Waals surface area contributed by atoms with Crippen LogP contribution in [0.15, 0.2) is 66.7 Å². The molecule has 1 aliphatic carbocycles. The molecule has 1 N–H and O–H groups in total. The molecular weight excluding hydrogens is 359 g/mol. The van der Waals surface area contributed by atoms with Crippen molar-refractivity contribution in [2.45, 2.75) is 16.2 Å². The fourth-order valence-corrected chi connectivity index (χ4v) is 3.96. The lowest BCUT2D eigenvalue weighted by Gasteiger charge is -2.14. The van der Waals surface area contributed by atoms with E-state index < -0.39 is 15.7 Å². The highest BCUT2D eigenvalue weighted by atomic mass is 35.5. The Morgan fingerprint density at radius 3 is 2.24 bits per heavy atom. The van der Waals surface area contributed by atoms with Crippen molar-refractivity contribution < 1.29 is 14.6 Å². The SMILES string of the molecule is O=C(O)C1(c2ccc(Oc3cccc4ccccc34)cc2)CC1(Cl)Cl. The summed E-state index contributed by atoms with van der Waals surface area (Å²) in [6.07, 6.45) is 0.196. The van der Waals surface area contributed by atoms with E-state index in [4.69, 9.17) is 27.9 Å². The highest BCUT2D eigenvalue weighted by molar-refractivity contribution is 6.54. The number of fused-ring (bicyclic) bond motifs is 1. The molecule has 1 unspecified atom stereocenters. The minimum absolute atomic E-state index is 0.196. The number of carboxylic acids is 1. The van der Waals surface area contributed by atoms with Gasteiger partial charge >= 0.3 is 5.97 Å². The van der Waals surface area contributed by atoms with Crippen LogP contribution in [0.2, 0.25) is 0 Å². The van der Waals surface area contributed by atoms with E-state index in [9.17, 15) is 9.90 Å². The van der Waals surface area contributed by atoms with Gasteiger partial charge in [0.05, 0.1) is 0 Å². The monoisotopic (exact) mass is 372 g/mol. The minimum atomic E-state index is -1.27. The number of ether oxygens (including phenoxy) is 1. The number of benzene rings is 3. The molecule has 0 aliphatic heterocycles. The third-order valence-electron chi connectivity index (χ3n) is 4.68. The summed E-state index contributed by atoms with van der Waals surface area (Å²) >= 11 is 12.2. The second kappa shape index (κ2) is 5.65. The molecule has 5 heteroatoms. The Kier molecular flexibility index (Phi) is 3.67. The third kappa shape index (κ3) is 2.55. The molecular formula is C20H14Cl2O3. The third-order valence-corrected chi connectivity index (χ3v) is 5.59. The molecule has 3 aromatic carbocycles. The second-order valence-corrected chi connectivity index (χ2v) is 7.68. The van der Waals surface area contributed by atoms with Gasteiger partial charge in [0.15, 0.2) is 0 Å². The van der Waals surface area contributed by atoms with E-state index >= 15 is 0 Å². The molecule has 126 valence electrons. The molecule has 4 rings (SSSR count). The molecule has 1 fully saturated rings. The lowest BCUT2D eigenvalue weighted by atomic mass is 9.96. The van der Waals surface area contributed by atoms with Crippen LogP contribution in [0, 0.1) is 0 Å². The Bertz CT molecular complexity index is 961. The molecule has 0 amide bonds. The first-order chi connectivity index (χ1) is 11.9.